The zero-order valence-corrected chi connectivity index (χ0v) is 8.11. The molecule has 0 atom stereocenters. The maximum Gasteiger partial charge on any atom is 0.124 e. The van der Waals surface area contributed by atoms with E-state index in [2.05, 4.69) is 6.58 Å². The summed E-state index contributed by atoms with van der Waals surface area (Å²) >= 11 is 0. The van der Waals surface area contributed by atoms with E-state index < -0.39 is 0 Å². The molecule has 0 bridgehead atoms. The van der Waals surface area contributed by atoms with Crippen molar-refractivity contribution in [2.45, 2.75) is 12.8 Å². The normalized spacial score (nSPS) is 9.43. The molecule has 0 heterocycles. The van der Waals surface area contributed by atoms with Gasteiger partial charge in [-0.1, -0.05) is 24.3 Å². The molecular weight excluding hydrogens is 176 g/mol. The molecule has 0 N–H and O–H groups in total. The number of hydrogen-bond acceptors (Lipinski definition) is 2. The van der Waals surface area contributed by atoms with Crippen molar-refractivity contribution in [3.05, 3.63) is 42.5 Å². The molecule has 14 heavy (non-hydrogen) atoms. The van der Waals surface area contributed by atoms with Crippen LogP contribution in [0.25, 0.3) is 0 Å². The first-order valence-corrected chi connectivity index (χ1v) is 4.63. The molecule has 1 rings (SSSR count). The molecule has 0 spiro atoms. The lowest BCUT2D eigenvalue weighted by Crippen LogP contribution is -1.99. The Bertz CT molecular complexity index is 305. The van der Waals surface area contributed by atoms with Crippen LogP contribution in [-0.2, 0) is 11.2 Å². The smallest absolute Gasteiger partial charge is 0.124 e. The number of aldehydes is 1. The molecule has 0 aliphatic rings. The van der Waals surface area contributed by atoms with Gasteiger partial charge in [-0.2, -0.15) is 0 Å². The van der Waals surface area contributed by atoms with E-state index in [9.17, 15) is 4.79 Å². The number of carbonyl (C=O) groups excluding carboxylic acids is 1. The highest BCUT2D eigenvalue weighted by molar-refractivity contribution is 5.57. The first-order valence-electron chi connectivity index (χ1n) is 4.63. The predicted molar refractivity (Wildman–Crippen MR) is 56.5 cm³/mol. The fourth-order valence-corrected chi connectivity index (χ4v) is 1.16. The lowest BCUT2D eigenvalue weighted by molar-refractivity contribution is -0.107. The standard InChI is InChI=1S/C12H14O2/c1-2-3-10-14-12-7-5-4-6-11(12)8-9-13/h2,4-7,9H,1,3,8,10H2. The predicted octanol–water partition coefficient (Wildman–Crippen LogP) is 2.38. The Morgan fingerprint density at radius 1 is 1.36 bits per heavy atom. The highest BCUT2D eigenvalue weighted by Crippen LogP contribution is 2.17. The summed E-state index contributed by atoms with van der Waals surface area (Å²) in [7, 11) is 0. The largest absolute Gasteiger partial charge is 0.493 e. The van der Waals surface area contributed by atoms with Gasteiger partial charge in [-0.05, 0) is 12.5 Å². The second-order valence-corrected chi connectivity index (χ2v) is 2.90. The maximum atomic E-state index is 10.4. The first-order chi connectivity index (χ1) is 6.88. The Kier molecular flexibility index (Phi) is 4.48. The second kappa shape index (κ2) is 5.97. The van der Waals surface area contributed by atoms with Crippen LogP contribution in [0.2, 0.25) is 0 Å². The summed E-state index contributed by atoms with van der Waals surface area (Å²) in [4.78, 5) is 10.4. The van der Waals surface area contributed by atoms with Gasteiger partial charge in [0.25, 0.3) is 0 Å². The van der Waals surface area contributed by atoms with Crippen LogP contribution < -0.4 is 4.74 Å². The summed E-state index contributed by atoms with van der Waals surface area (Å²) in [6, 6.07) is 7.58. The Morgan fingerprint density at radius 3 is 2.86 bits per heavy atom. The Labute approximate surface area is 84.2 Å². The van der Waals surface area contributed by atoms with Crippen LogP contribution in [0.15, 0.2) is 36.9 Å². The van der Waals surface area contributed by atoms with Gasteiger partial charge in [0.05, 0.1) is 6.61 Å². The van der Waals surface area contributed by atoms with Gasteiger partial charge in [0, 0.05) is 12.0 Å². The van der Waals surface area contributed by atoms with Gasteiger partial charge in [-0.25, -0.2) is 0 Å². The maximum absolute atomic E-state index is 10.4. The van der Waals surface area contributed by atoms with E-state index in [-0.39, 0.29) is 0 Å². The van der Waals surface area contributed by atoms with Crippen LogP contribution in [0.3, 0.4) is 0 Å². The Hall–Kier alpha value is -1.57. The molecule has 2 nitrogen and oxygen atoms in total. The third-order valence-corrected chi connectivity index (χ3v) is 1.86. The lowest BCUT2D eigenvalue weighted by atomic mass is 10.1. The van der Waals surface area contributed by atoms with Gasteiger partial charge in [0.1, 0.15) is 12.0 Å². The topological polar surface area (TPSA) is 26.3 Å². The van der Waals surface area contributed by atoms with Gasteiger partial charge < -0.3 is 9.53 Å². The highest BCUT2D eigenvalue weighted by atomic mass is 16.5. The van der Waals surface area contributed by atoms with Crippen LogP contribution in [0.5, 0.6) is 5.75 Å². The van der Waals surface area contributed by atoms with E-state index in [1.807, 2.05) is 30.3 Å². The number of benzene rings is 1. The molecule has 0 unspecified atom stereocenters. The lowest BCUT2D eigenvalue weighted by Gasteiger charge is -2.08. The average Bonchev–Trinajstić information content (AvgIpc) is 2.21. The summed E-state index contributed by atoms with van der Waals surface area (Å²) in [5.41, 5.74) is 0.937. The monoisotopic (exact) mass is 190 g/mol. The molecule has 0 amide bonds. The zero-order valence-electron chi connectivity index (χ0n) is 8.11. The Morgan fingerprint density at radius 2 is 2.14 bits per heavy atom. The van der Waals surface area contributed by atoms with E-state index in [0.29, 0.717) is 13.0 Å². The van der Waals surface area contributed by atoms with Crippen molar-refractivity contribution in [3.8, 4) is 5.75 Å². The molecule has 0 radical (unpaired) electrons. The minimum absolute atomic E-state index is 0.407. The molecule has 0 aliphatic heterocycles. The molecule has 0 saturated carbocycles. The summed E-state index contributed by atoms with van der Waals surface area (Å²) in [5.74, 6) is 0.793. The molecular formula is C12H14O2. The first kappa shape index (κ1) is 10.5. The summed E-state index contributed by atoms with van der Waals surface area (Å²) in [6.07, 6.45) is 3.91. The fourth-order valence-electron chi connectivity index (χ4n) is 1.16. The number of carbonyl (C=O) groups is 1. The molecule has 0 fully saturated rings. The van der Waals surface area contributed by atoms with E-state index in [4.69, 9.17) is 4.74 Å². The van der Waals surface area contributed by atoms with Gasteiger partial charge in [-0.15, -0.1) is 6.58 Å². The number of rotatable bonds is 6. The third kappa shape index (κ3) is 3.05. The van der Waals surface area contributed by atoms with Crippen LogP contribution in [0.1, 0.15) is 12.0 Å². The van der Waals surface area contributed by atoms with Gasteiger partial charge >= 0.3 is 0 Å². The summed E-state index contributed by atoms with van der Waals surface area (Å²) in [5, 5.41) is 0. The summed E-state index contributed by atoms with van der Waals surface area (Å²) in [6.45, 7) is 4.22. The van der Waals surface area contributed by atoms with E-state index in [1.165, 1.54) is 0 Å². The zero-order chi connectivity index (χ0) is 10.2. The molecule has 0 aromatic heterocycles. The van der Waals surface area contributed by atoms with Crippen LogP contribution in [0, 0.1) is 0 Å². The average molecular weight is 190 g/mol. The van der Waals surface area contributed by atoms with Gasteiger partial charge in [-0.3, -0.25) is 0 Å². The van der Waals surface area contributed by atoms with E-state index in [0.717, 1.165) is 24.0 Å². The number of para-hydroxylation sites is 1. The van der Waals surface area contributed by atoms with E-state index >= 15 is 0 Å². The fraction of sp³-hybridized carbons (Fsp3) is 0.250. The molecule has 0 aliphatic carbocycles. The van der Waals surface area contributed by atoms with Crippen molar-refractivity contribution in [1.82, 2.24) is 0 Å². The van der Waals surface area contributed by atoms with Gasteiger partial charge in [0.2, 0.25) is 0 Å². The molecule has 1 aromatic carbocycles. The second-order valence-electron chi connectivity index (χ2n) is 2.90. The van der Waals surface area contributed by atoms with Crippen molar-refractivity contribution >= 4 is 6.29 Å². The van der Waals surface area contributed by atoms with Gasteiger partial charge in [0.15, 0.2) is 0 Å². The molecule has 1 aromatic rings. The van der Waals surface area contributed by atoms with Crippen molar-refractivity contribution in [2.75, 3.05) is 6.61 Å². The van der Waals surface area contributed by atoms with Crippen molar-refractivity contribution < 1.29 is 9.53 Å². The van der Waals surface area contributed by atoms with Crippen LogP contribution >= 0.6 is 0 Å². The van der Waals surface area contributed by atoms with Crippen molar-refractivity contribution in [2.24, 2.45) is 0 Å². The van der Waals surface area contributed by atoms with Crippen molar-refractivity contribution in [1.29, 1.82) is 0 Å². The Balaban J connectivity index is 2.63. The minimum atomic E-state index is 0.407. The van der Waals surface area contributed by atoms with Crippen LogP contribution in [0.4, 0.5) is 0 Å². The number of hydrogen-bond donors (Lipinski definition) is 0. The van der Waals surface area contributed by atoms with Crippen LogP contribution in [-0.4, -0.2) is 12.9 Å². The minimum Gasteiger partial charge on any atom is -0.493 e. The quantitative estimate of drug-likeness (QED) is 0.391. The van der Waals surface area contributed by atoms with E-state index in [1.54, 1.807) is 0 Å². The van der Waals surface area contributed by atoms with Crippen molar-refractivity contribution in [3.63, 3.8) is 0 Å². The third-order valence-electron chi connectivity index (χ3n) is 1.86. The molecule has 0 saturated heterocycles. The molecule has 74 valence electrons. The SMILES string of the molecule is C=CCCOc1ccccc1CC=O. The summed E-state index contributed by atoms with van der Waals surface area (Å²) < 4.78 is 5.50. The molecule has 2 heteroatoms. The highest BCUT2D eigenvalue weighted by Gasteiger charge is 2.00. The number of ether oxygens (including phenoxy) is 1.